The lowest BCUT2D eigenvalue weighted by Crippen LogP contribution is -2.58. The number of amides is 3. The fourth-order valence-corrected chi connectivity index (χ4v) is 5.21. The molecule has 3 rings (SSSR count). The standard InChI is InChI=1S/C27H37N7O5S2/c1-40-9-7-19(28)24(35)32-21(8-10-41-2)25(36)33-22(11-16-13-30-20-6-4-3-5-18(16)20)26(37)34-23(27(38)39)12-17-14-29-15-31-17/h3-6,13-15,19,21-23,30H,7-12,28H2,1-2H3,(H,29,31)(H,32,35)(H,33,36)(H,34,37)(H,38,39). The van der Waals surface area contributed by atoms with Crippen LogP contribution in [-0.2, 0) is 32.0 Å². The Morgan fingerprint density at radius 1 is 0.902 bits per heavy atom. The van der Waals surface area contributed by atoms with Crippen molar-refractivity contribution in [1.29, 1.82) is 0 Å². The Hall–Kier alpha value is -3.49. The summed E-state index contributed by atoms with van der Waals surface area (Å²) in [4.78, 5) is 61.6. The molecular weight excluding hydrogens is 566 g/mol. The van der Waals surface area contributed by atoms with Gasteiger partial charge in [0, 0.05) is 41.8 Å². The molecule has 8 N–H and O–H groups in total. The molecule has 0 spiro atoms. The predicted octanol–water partition coefficient (Wildman–Crippen LogP) is 1.05. The fourth-order valence-electron chi connectivity index (χ4n) is 4.25. The van der Waals surface area contributed by atoms with Gasteiger partial charge in [-0.2, -0.15) is 23.5 Å². The van der Waals surface area contributed by atoms with E-state index in [1.807, 2.05) is 36.8 Å². The Balaban J connectivity index is 1.82. The number of nitrogens with one attached hydrogen (secondary N) is 5. The maximum atomic E-state index is 13.5. The minimum atomic E-state index is -1.26. The number of benzene rings is 1. The van der Waals surface area contributed by atoms with E-state index in [-0.39, 0.29) is 12.8 Å². The molecule has 2 aromatic heterocycles. The molecule has 222 valence electrons. The van der Waals surface area contributed by atoms with Crippen molar-refractivity contribution in [3.05, 3.63) is 54.2 Å². The monoisotopic (exact) mass is 603 g/mol. The van der Waals surface area contributed by atoms with Crippen molar-refractivity contribution in [1.82, 2.24) is 30.9 Å². The van der Waals surface area contributed by atoms with Crippen molar-refractivity contribution < 1.29 is 24.3 Å². The number of hydrogen-bond donors (Lipinski definition) is 7. The number of aromatic amines is 2. The number of hydrogen-bond acceptors (Lipinski definition) is 8. The maximum Gasteiger partial charge on any atom is 0.326 e. The number of nitrogens with zero attached hydrogens (tertiary/aromatic N) is 1. The van der Waals surface area contributed by atoms with Crippen molar-refractivity contribution >= 4 is 58.1 Å². The van der Waals surface area contributed by atoms with Gasteiger partial charge in [0.25, 0.3) is 0 Å². The lowest BCUT2D eigenvalue weighted by Gasteiger charge is -2.25. The van der Waals surface area contributed by atoms with E-state index in [2.05, 4.69) is 30.9 Å². The van der Waals surface area contributed by atoms with Crippen LogP contribution in [0.5, 0.6) is 0 Å². The highest BCUT2D eigenvalue weighted by Crippen LogP contribution is 2.19. The second kappa shape index (κ2) is 16.1. The number of aliphatic carboxylic acids is 1. The van der Waals surface area contributed by atoms with E-state index in [0.717, 1.165) is 16.5 Å². The van der Waals surface area contributed by atoms with Crippen LogP contribution < -0.4 is 21.7 Å². The summed E-state index contributed by atoms with van der Waals surface area (Å²) < 4.78 is 0. The van der Waals surface area contributed by atoms with Gasteiger partial charge in [0.05, 0.1) is 12.4 Å². The molecule has 0 aliphatic rings. The molecule has 0 fully saturated rings. The summed E-state index contributed by atoms with van der Waals surface area (Å²) in [6, 6.07) is 3.47. The zero-order valence-corrected chi connectivity index (χ0v) is 24.6. The molecule has 12 nitrogen and oxygen atoms in total. The van der Waals surface area contributed by atoms with Crippen LogP contribution in [-0.4, -0.2) is 91.9 Å². The quantitative estimate of drug-likeness (QED) is 0.118. The third-order valence-corrected chi connectivity index (χ3v) is 7.83. The van der Waals surface area contributed by atoms with Gasteiger partial charge in [-0.3, -0.25) is 14.4 Å². The van der Waals surface area contributed by atoms with E-state index in [9.17, 15) is 24.3 Å². The predicted molar refractivity (Wildman–Crippen MR) is 162 cm³/mol. The maximum absolute atomic E-state index is 13.5. The van der Waals surface area contributed by atoms with Crippen LogP contribution in [0.2, 0.25) is 0 Å². The number of carboxylic acid groups (broad SMARTS) is 1. The summed E-state index contributed by atoms with van der Waals surface area (Å²) in [5.74, 6) is -1.60. The average Bonchev–Trinajstić information content (AvgIpc) is 3.63. The van der Waals surface area contributed by atoms with Gasteiger partial charge < -0.3 is 36.8 Å². The van der Waals surface area contributed by atoms with Crippen LogP contribution in [0.1, 0.15) is 24.1 Å². The van der Waals surface area contributed by atoms with E-state index >= 15 is 0 Å². The number of nitrogens with two attached hydrogens (primary N) is 1. The van der Waals surface area contributed by atoms with Gasteiger partial charge >= 0.3 is 5.97 Å². The third-order valence-electron chi connectivity index (χ3n) is 6.54. The van der Waals surface area contributed by atoms with Crippen molar-refractivity contribution in [3.63, 3.8) is 0 Å². The first-order valence-corrected chi connectivity index (χ1v) is 15.9. The minimum absolute atomic E-state index is 0.0187. The SMILES string of the molecule is CSCCC(N)C(=O)NC(CCSC)C(=O)NC(Cc1c[nH]c2ccccc12)C(=O)NC(Cc1cnc[nH]1)C(=O)O. The molecule has 4 unspecified atom stereocenters. The number of aromatic nitrogens is 3. The zero-order chi connectivity index (χ0) is 29.8. The Kier molecular flexibility index (Phi) is 12.6. The average molecular weight is 604 g/mol. The second-order valence-corrected chi connectivity index (χ2v) is 11.5. The smallest absolute Gasteiger partial charge is 0.326 e. The first-order chi connectivity index (χ1) is 19.7. The number of imidazole rings is 1. The van der Waals surface area contributed by atoms with Gasteiger partial charge in [-0.05, 0) is 48.5 Å². The summed E-state index contributed by atoms with van der Waals surface area (Å²) in [5, 5.41) is 18.7. The van der Waals surface area contributed by atoms with Gasteiger partial charge in [0.2, 0.25) is 17.7 Å². The minimum Gasteiger partial charge on any atom is -0.480 e. The largest absolute Gasteiger partial charge is 0.480 e. The number of para-hydroxylation sites is 1. The van der Waals surface area contributed by atoms with Crippen LogP contribution in [0.3, 0.4) is 0 Å². The molecule has 0 radical (unpaired) electrons. The molecule has 14 heteroatoms. The summed E-state index contributed by atoms with van der Waals surface area (Å²) in [6.07, 6.45) is 9.33. The molecule has 0 saturated heterocycles. The van der Waals surface area contributed by atoms with Gasteiger partial charge in [-0.25, -0.2) is 9.78 Å². The molecule has 3 amide bonds. The van der Waals surface area contributed by atoms with Gasteiger partial charge in [0.1, 0.15) is 18.1 Å². The van der Waals surface area contributed by atoms with Crippen molar-refractivity contribution in [2.75, 3.05) is 24.0 Å². The van der Waals surface area contributed by atoms with Gasteiger partial charge in [-0.15, -0.1) is 0 Å². The number of thioether (sulfide) groups is 2. The Morgan fingerprint density at radius 3 is 2.24 bits per heavy atom. The van der Waals surface area contributed by atoms with Crippen LogP contribution in [0.4, 0.5) is 0 Å². The number of fused-ring (bicyclic) bond motifs is 1. The first-order valence-electron chi connectivity index (χ1n) is 13.1. The number of carbonyl (C=O) groups is 4. The fraction of sp³-hybridized carbons (Fsp3) is 0.444. The van der Waals surface area contributed by atoms with Crippen LogP contribution in [0.15, 0.2) is 43.0 Å². The highest BCUT2D eigenvalue weighted by Gasteiger charge is 2.31. The second-order valence-electron chi connectivity index (χ2n) is 9.54. The molecule has 4 atom stereocenters. The summed E-state index contributed by atoms with van der Waals surface area (Å²) >= 11 is 3.09. The molecule has 2 heterocycles. The zero-order valence-electron chi connectivity index (χ0n) is 23.0. The van der Waals surface area contributed by atoms with Crippen molar-refractivity contribution in [3.8, 4) is 0 Å². The summed E-state index contributed by atoms with van der Waals surface area (Å²) in [7, 11) is 0. The van der Waals surface area contributed by atoms with E-state index in [4.69, 9.17) is 5.73 Å². The topological polar surface area (TPSA) is 195 Å². The molecule has 0 bridgehead atoms. The summed E-state index contributed by atoms with van der Waals surface area (Å²) in [6.45, 7) is 0. The Labute approximate surface area is 246 Å². The highest BCUT2D eigenvalue weighted by molar-refractivity contribution is 7.98. The summed E-state index contributed by atoms with van der Waals surface area (Å²) in [5.41, 5.74) is 8.18. The van der Waals surface area contributed by atoms with Crippen molar-refractivity contribution in [2.24, 2.45) is 5.73 Å². The lowest BCUT2D eigenvalue weighted by molar-refractivity contribution is -0.142. The van der Waals surface area contributed by atoms with Crippen LogP contribution in [0, 0.1) is 0 Å². The molecule has 0 aliphatic carbocycles. The first kappa shape index (κ1) is 32.0. The number of rotatable bonds is 17. The Bertz CT molecular complexity index is 1300. The van der Waals surface area contributed by atoms with Crippen molar-refractivity contribution in [2.45, 2.75) is 49.9 Å². The molecule has 1 aromatic carbocycles. The van der Waals surface area contributed by atoms with E-state index in [0.29, 0.717) is 30.0 Å². The van der Waals surface area contributed by atoms with E-state index < -0.39 is 47.9 Å². The normalized spacial score (nSPS) is 14.1. The van der Waals surface area contributed by atoms with Gasteiger partial charge in [-0.1, -0.05) is 18.2 Å². The van der Waals surface area contributed by atoms with E-state index in [1.165, 1.54) is 24.3 Å². The van der Waals surface area contributed by atoms with Gasteiger partial charge in [0.15, 0.2) is 0 Å². The lowest BCUT2D eigenvalue weighted by atomic mass is 10.0. The number of carbonyl (C=O) groups excluding carboxylic acids is 3. The number of carboxylic acids is 1. The van der Waals surface area contributed by atoms with Crippen LogP contribution >= 0.6 is 23.5 Å². The van der Waals surface area contributed by atoms with E-state index in [1.54, 1.807) is 18.0 Å². The Morgan fingerprint density at radius 2 is 1.56 bits per heavy atom. The molecular formula is C27H37N7O5S2. The molecule has 0 saturated carbocycles. The third kappa shape index (κ3) is 9.54. The molecule has 41 heavy (non-hydrogen) atoms. The van der Waals surface area contributed by atoms with Crippen LogP contribution in [0.25, 0.3) is 10.9 Å². The number of H-pyrrole nitrogens is 2. The highest BCUT2D eigenvalue weighted by atomic mass is 32.2. The molecule has 3 aromatic rings. The molecule has 0 aliphatic heterocycles.